The van der Waals surface area contributed by atoms with Gasteiger partial charge in [-0.25, -0.2) is 0 Å². The monoisotopic (exact) mass is 237 g/mol. The van der Waals surface area contributed by atoms with Crippen molar-refractivity contribution in [2.45, 2.75) is 77.2 Å². The van der Waals surface area contributed by atoms with Crippen LogP contribution in [0.2, 0.25) is 0 Å². The molecule has 0 amide bonds. The lowest BCUT2D eigenvalue weighted by molar-refractivity contribution is 0.0255. The van der Waals surface area contributed by atoms with E-state index in [9.17, 15) is 0 Å². The zero-order valence-corrected chi connectivity index (χ0v) is 11.3. The first-order chi connectivity index (χ1) is 8.36. The van der Waals surface area contributed by atoms with E-state index in [2.05, 4.69) is 13.0 Å². The molecule has 1 saturated carbocycles. The maximum atomic E-state index is 9.01. The van der Waals surface area contributed by atoms with E-state index >= 15 is 0 Å². The van der Waals surface area contributed by atoms with E-state index in [-0.39, 0.29) is 5.92 Å². The van der Waals surface area contributed by atoms with Crippen LogP contribution in [0.5, 0.6) is 0 Å². The van der Waals surface area contributed by atoms with E-state index in [1.165, 1.54) is 44.9 Å². The first kappa shape index (κ1) is 14.5. The van der Waals surface area contributed by atoms with Gasteiger partial charge in [-0.15, -0.1) is 0 Å². The highest BCUT2D eigenvalue weighted by atomic mass is 16.5. The Bertz CT molecular complexity index is 215. The fourth-order valence-electron chi connectivity index (χ4n) is 2.54. The zero-order chi connectivity index (χ0) is 12.3. The Balaban J connectivity index is 2.00. The van der Waals surface area contributed by atoms with Gasteiger partial charge in [0.1, 0.15) is 0 Å². The molecular weight excluding hydrogens is 210 g/mol. The number of ether oxygens (including phenoxy) is 1. The summed E-state index contributed by atoms with van der Waals surface area (Å²) in [4.78, 5) is 0. The molecule has 0 spiro atoms. The molecule has 2 nitrogen and oxygen atoms in total. The van der Waals surface area contributed by atoms with Crippen LogP contribution in [0.3, 0.4) is 0 Å². The minimum atomic E-state index is 0.255. The number of unbranched alkanes of at least 4 members (excludes halogenated alkanes) is 1. The molecule has 0 saturated heterocycles. The van der Waals surface area contributed by atoms with E-state index in [0.29, 0.717) is 6.10 Å². The molecule has 2 heteroatoms. The van der Waals surface area contributed by atoms with Crippen LogP contribution in [0.15, 0.2) is 0 Å². The van der Waals surface area contributed by atoms with Gasteiger partial charge in [0, 0.05) is 12.5 Å². The van der Waals surface area contributed by atoms with Crippen molar-refractivity contribution in [3.05, 3.63) is 0 Å². The second-order valence-corrected chi connectivity index (χ2v) is 5.24. The standard InChI is InChI=1S/C15H27NO/c1-2-3-8-14(13-16)9-7-12-17-15-10-5-4-6-11-15/h14-15H,2-12H2,1H3. The first-order valence-corrected chi connectivity index (χ1v) is 7.38. The molecule has 1 aliphatic carbocycles. The minimum Gasteiger partial charge on any atom is -0.378 e. The van der Waals surface area contributed by atoms with Crippen LogP contribution >= 0.6 is 0 Å². The molecule has 0 bridgehead atoms. The van der Waals surface area contributed by atoms with Gasteiger partial charge in [-0.05, 0) is 32.1 Å². The molecule has 0 N–H and O–H groups in total. The highest BCUT2D eigenvalue weighted by molar-refractivity contribution is 4.82. The molecule has 0 aliphatic heterocycles. The summed E-state index contributed by atoms with van der Waals surface area (Å²) in [7, 11) is 0. The minimum absolute atomic E-state index is 0.255. The van der Waals surface area contributed by atoms with Crippen LogP contribution in [0.25, 0.3) is 0 Å². The number of rotatable bonds is 8. The second-order valence-electron chi connectivity index (χ2n) is 5.24. The molecule has 0 heterocycles. The highest BCUT2D eigenvalue weighted by Crippen LogP contribution is 2.21. The van der Waals surface area contributed by atoms with Crippen LogP contribution in [0, 0.1) is 17.2 Å². The Morgan fingerprint density at radius 3 is 2.53 bits per heavy atom. The average molecular weight is 237 g/mol. The van der Waals surface area contributed by atoms with Gasteiger partial charge in [-0.3, -0.25) is 0 Å². The lowest BCUT2D eigenvalue weighted by Crippen LogP contribution is -2.17. The van der Waals surface area contributed by atoms with Crippen LogP contribution in [-0.2, 0) is 4.74 Å². The van der Waals surface area contributed by atoms with Crippen LogP contribution in [-0.4, -0.2) is 12.7 Å². The van der Waals surface area contributed by atoms with Gasteiger partial charge in [-0.2, -0.15) is 5.26 Å². The quantitative estimate of drug-likeness (QED) is 0.584. The van der Waals surface area contributed by atoms with E-state index in [1.54, 1.807) is 0 Å². The van der Waals surface area contributed by atoms with Crippen molar-refractivity contribution in [3.8, 4) is 6.07 Å². The maximum absolute atomic E-state index is 9.01. The average Bonchev–Trinajstić information content (AvgIpc) is 2.39. The van der Waals surface area contributed by atoms with Gasteiger partial charge in [-0.1, -0.05) is 39.0 Å². The van der Waals surface area contributed by atoms with Crippen molar-refractivity contribution in [2.75, 3.05) is 6.61 Å². The van der Waals surface area contributed by atoms with Crippen molar-refractivity contribution in [1.29, 1.82) is 5.26 Å². The predicted molar refractivity (Wildman–Crippen MR) is 70.7 cm³/mol. The SMILES string of the molecule is CCCCC(C#N)CCCOC1CCCCC1. The summed E-state index contributed by atoms with van der Waals surface area (Å²) >= 11 is 0. The van der Waals surface area contributed by atoms with Crippen LogP contribution in [0.4, 0.5) is 0 Å². The van der Waals surface area contributed by atoms with Crippen molar-refractivity contribution in [1.82, 2.24) is 0 Å². The number of nitriles is 1. The summed E-state index contributed by atoms with van der Waals surface area (Å²) in [6, 6.07) is 2.42. The van der Waals surface area contributed by atoms with E-state index < -0.39 is 0 Å². The molecule has 98 valence electrons. The summed E-state index contributed by atoms with van der Waals surface area (Å²) in [5.41, 5.74) is 0. The van der Waals surface area contributed by atoms with Gasteiger partial charge < -0.3 is 4.74 Å². The summed E-state index contributed by atoms with van der Waals surface area (Å²) in [6.07, 6.45) is 12.6. The lowest BCUT2D eigenvalue weighted by atomic mass is 9.97. The van der Waals surface area contributed by atoms with E-state index in [0.717, 1.165) is 25.9 Å². The normalized spacial score (nSPS) is 18.8. The van der Waals surface area contributed by atoms with Gasteiger partial charge >= 0.3 is 0 Å². The summed E-state index contributed by atoms with van der Waals surface area (Å²) in [5, 5.41) is 9.01. The zero-order valence-electron chi connectivity index (χ0n) is 11.3. The van der Waals surface area contributed by atoms with Gasteiger partial charge in [0.25, 0.3) is 0 Å². The maximum Gasteiger partial charge on any atom is 0.0655 e. The number of hydrogen-bond donors (Lipinski definition) is 0. The molecule has 0 aromatic rings. The van der Waals surface area contributed by atoms with Crippen LogP contribution in [0.1, 0.15) is 71.1 Å². The van der Waals surface area contributed by atoms with Gasteiger partial charge in [0.2, 0.25) is 0 Å². The highest BCUT2D eigenvalue weighted by Gasteiger charge is 2.13. The molecular formula is C15H27NO. The first-order valence-electron chi connectivity index (χ1n) is 7.38. The van der Waals surface area contributed by atoms with Crippen molar-refractivity contribution >= 4 is 0 Å². The molecule has 1 atom stereocenters. The fourth-order valence-corrected chi connectivity index (χ4v) is 2.54. The Morgan fingerprint density at radius 2 is 1.88 bits per heavy atom. The molecule has 17 heavy (non-hydrogen) atoms. The Hall–Kier alpha value is -0.550. The summed E-state index contributed by atoms with van der Waals surface area (Å²) < 4.78 is 5.87. The van der Waals surface area contributed by atoms with E-state index in [1.807, 2.05) is 0 Å². The largest absolute Gasteiger partial charge is 0.378 e. The van der Waals surface area contributed by atoms with E-state index in [4.69, 9.17) is 10.00 Å². The second kappa shape index (κ2) is 9.48. The van der Waals surface area contributed by atoms with Crippen molar-refractivity contribution in [3.63, 3.8) is 0 Å². The molecule has 1 fully saturated rings. The Morgan fingerprint density at radius 1 is 1.18 bits per heavy atom. The van der Waals surface area contributed by atoms with Crippen molar-refractivity contribution in [2.24, 2.45) is 5.92 Å². The molecule has 0 radical (unpaired) electrons. The Labute approximate surface area is 106 Å². The summed E-state index contributed by atoms with van der Waals surface area (Å²) in [6.45, 7) is 3.04. The third-order valence-electron chi connectivity index (χ3n) is 3.69. The molecule has 0 aromatic heterocycles. The molecule has 1 unspecified atom stereocenters. The molecule has 1 aliphatic rings. The van der Waals surface area contributed by atoms with Gasteiger partial charge in [0.15, 0.2) is 0 Å². The summed E-state index contributed by atoms with van der Waals surface area (Å²) in [5.74, 6) is 0.255. The lowest BCUT2D eigenvalue weighted by Gasteiger charge is -2.22. The molecule has 0 aromatic carbocycles. The Kier molecular flexibility index (Phi) is 8.09. The third kappa shape index (κ3) is 6.68. The topological polar surface area (TPSA) is 33.0 Å². The van der Waals surface area contributed by atoms with Gasteiger partial charge in [0.05, 0.1) is 12.2 Å². The molecule has 1 rings (SSSR count). The van der Waals surface area contributed by atoms with Crippen LogP contribution < -0.4 is 0 Å². The third-order valence-corrected chi connectivity index (χ3v) is 3.69. The fraction of sp³-hybridized carbons (Fsp3) is 0.933. The number of hydrogen-bond acceptors (Lipinski definition) is 2. The smallest absolute Gasteiger partial charge is 0.0655 e. The number of nitrogens with zero attached hydrogens (tertiary/aromatic N) is 1. The predicted octanol–water partition coefficient (Wildman–Crippen LogP) is 4.45. The van der Waals surface area contributed by atoms with Crippen molar-refractivity contribution < 1.29 is 4.74 Å².